The Bertz CT molecular complexity index is 1990. The Morgan fingerprint density at radius 1 is 1.09 bits per heavy atom. The predicted molar refractivity (Wildman–Crippen MR) is 179 cm³/mol. The van der Waals surface area contributed by atoms with Crippen molar-refractivity contribution in [2.45, 2.75) is 26.8 Å². The van der Waals surface area contributed by atoms with Gasteiger partial charge < -0.3 is 15.1 Å². The zero-order valence-corrected chi connectivity index (χ0v) is 26.1. The van der Waals surface area contributed by atoms with Crippen molar-refractivity contribution in [2.24, 2.45) is 4.99 Å². The Labute approximate surface area is 260 Å². The second kappa shape index (κ2) is 12.9. The lowest BCUT2D eigenvalue weighted by molar-refractivity contribution is 0.0950. The van der Waals surface area contributed by atoms with Gasteiger partial charge in [0.05, 0.1) is 39.7 Å². The molecule has 5 heterocycles. The summed E-state index contributed by atoms with van der Waals surface area (Å²) in [5.41, 5.74) is 4.55. The van der Waals surface area contributed by atoms with Gasteiger partial charge in [-0.3, -0.25) is 24.2 Å². The first-order valence-electron chi connectivity index (χ1n) is 14.8. The summed E-state index contributed by atoms with van der Waals surface area (Å²) in [5, 5.41) is 4.49. The maximum atomic E-state index is 14.2. The molecule has 1 N–H and O–H groups in total. The number of thiazole rings is 1. The molecule has 6 rings (SSSR count). The molecule has 0 aliphatic carbocycles. The first-order chi connectivity index (χ1) is 21.4. The molecule has 1 fully saturated rings. The van der Waals surface area contributed by atoms with Gasteiger partial charge in [-0.15, -0.1) is 11.3 Å². The largest absolute Gasteiger partial charge is 0.355 e. The smallest absolute Gasteiger partial charge is 0.256 e. The molecule has 0 saturated carbocycles. The van der Waals surface area contributed by atoms with Gasteiger partial charge in [0, 0.05) is 36.9 Å². The number of benzene rings is 1. The van der Waals surface area contributed by atoms with Crippen LogP contribution in [0, 0.1) is 6.92 Å². The first kappa shape index (κ1) is 29.4. The van der Waals surface area contributed by atoms with Crippen LogP contribution in [-0.4, -0.2) is 63.4 Å². The van der Waals surface area contributed by atoms with Gasteiger partial charge in [-0.25, -0.2) is 4.98 Å². The third-order valence-corrected chi connectivity index (χ3v) is 8.85. The summed E-state index contributed by atoms with van der Waals surface area (Å²) in [7, 11) is 2.17. The second-order valence-electron chi connectivity index (χ2n) is 11.0. The molecule has 1 saturated heterocycles. The Hall–Kier alpha value is -4.67. The van der Waals surface area contributed by atoms with Crippen molar-refractivity contribution < 1.29 is 4.79 Å². The Kier molecular flexibility index (Phi) is 8.63. The number of nitrogens with zero attached hydrogens (tertiary/aromatic N) is 7. The minimum absolute atomic E-state index is 0.230. The molecule has 1 amide bonds. The molecule has 10 heteroatoms. The SMILES string of the molecule is C=C/C=C\C=C(/C)N=c1c(C(=O)NCc2cnc(C)cn2)c2sc3ccccc3n2c2nc(N3CCCN(C)CC3)ccc12. The second-order valence-corrected chi connectivity index (χ2v) is 12.0. The molecule has 9 nitrogen and oxygen atoms in total. The fourth-order valence-electron chi connectivity index (χ4n) is 5.42. The minimum atomic E-state index is -0.230. The van der Waals surface area contributed by atoms with Gasteiger partial charge in [-0.2, -0.15) is 0 Å². The summed E-state index contributed by atoms with van der Waals surface area (Å²) >= 11 is 1.57. The number of aromatic nitrogens is 4. The van der Waals surface area contributed by atoms with Crippen molar-refractivity contribution in [2.75, 3.05) is 38.1 Å². The van der Waals surface area contributed by atoms with E-state index < -0.39 is 0 Å². The standard InChI is InChI=1S/C34H36N8OS/c1-5-6-7-11-23(2)38-31-26-14-15-29(41-17-10-16-40(4)18-19-41)39-32(26)42-27-12-8-9-13-28(27)44-34(42)30(31)33(43)37-22-25-21-35-24(3)20-36-25/h5-9,11-15,20-21H,1,10,16-19,22H2,2-4H3,(H,37,43)/b7-6-,23-11+,38-31?. The molecule has 1 aromatic carbocycles. The Morgan fingerprint density at radius 3 is 2.77 bits per heavy atom. The van der Waals surface area contributed by atoms with Crippen LogP contribution in [0.5, 0.6) is 0 Å². The number of rotatable bonds is 7. The molecule has 5 aromatic rings. The van der Waals surface area contributed by atoms with Crippen molar-refractivity contribution >= 4 is 49.1 Å². The van der Waals surface area contributed by atoms with Gasteiger partial charge in [0.25, 0.3) is 5.91 Å². The highest BCUT2D eigenvalue weighted by Crippen LogP contribution is 2.32. The monoisotopic (exact) mass is 604 g/mol. The van der Waals surface area contributed by atoms with Gasteiger partial charge >= 0.3 is 0 Å². The maximum Gasteiger partial charge on any atom is 0.256 e. The lowest BCUT2D eigenvalue weighted by Crippen LogP contribution is -2.31. The molecule has 0 radical (unpaired) electrons. The summed E-state index contributed by atoms with van der Waals surface area (Å²) in [6.07, 6.45) is 11.8. The van der Waals surface area contributed by atoms with Crippen LogP contribution in [0.1, 0.15) is 35.1 Å². The number of likely N-dealkylation sites (N-methyl/N-ethyl adjacent to an activating group) is 1. The van der Waals surface area contributed by atoms with Crippen molar-refractivity contribution in [3.63, 3.8) is 0 Å². The van der Waals surface area contributed by atoms with Crippen LogP contribution < -0.4 is 15.6 Å². The van der Waals surface area contributed by atoms with Gasteiger partial charge in [0.15, 0.2) is 0 Å². The predicted octanol–water partition coefficient (Wildman–Crippen LogP) is 5.42. The number of para-hydroxylation sites is 1. The fraction of sp³-hybridized carbons (Fsp3) is 0.265. The van der Waals surface area contributed by atoms with E-state index in [0.717, 1.165) is 75.9 Å². The van der Waals surface area contributed by atoms with E-state index >= 15 is 0 Å². The number of nitrogens with one attached hydrogen (secondary N) is 1. The summed E-state index contributed by atoms with van der Waals surface area (Å²) < 4.78 is 3.19. The Morgan fingerprint density at radius 2 is 1.95 bits per heavy atom. The summed E-state index contributed by atoms with van der Waals surface area (Å²) in [6, 6.07) is 12.3. The average molecular weight is 605 g/mol. The van der Waals surface area contributed by atoms with Crippen LogP contribution in [0.25, 0.3) is 26.1 Å². The molecule has 0 bridgehead atoms. The first-order valence-corrected chi connectivity index (χ1v) is 15.6. The number of allylic oxidation sites excluding steroid dienone is 5. The number of carbonyl (C=O) groups is 1. The average Bonchev–Trinajstić information content (AvgIpc) is 3.27. The highest BCUT2D eigenvalue weighted by Gasteiger charge is 2.23. The van der Waals surface area contributed by atoms with E-state index in [4.69, 9.17) is 9.98 Å². The topological polar surface area (TPSA) is 91.0 Å². The van der Waals surface area contributed by atoms with Crippen LogP contribution in [0.4, 0.5) is 5.82 Å². The number of fused-ring (bicyclic) bond motifs is 5. The summed E-state index contributed by atoms with van der Waals surface area (Å²) in [4.78, 5) is 38.8. The summed E-state index contributed by atoms with van der Waals surface area (Å²) in [5.74, 6) is 0.699. The molecule has 224 valence electrons. The van der Waals surface area contributed by atoms with Crippen molar-refractivity contribution in [1.29, 1.82) is 0 Å². The van der Waals surface area contributed by atoms with Gasteiger partial charge in [0.2, 0.25) is 0 Å². The minimum Gasteiger partial charge on any atom is -0.355 e. The molecule has 0 spiro atoms. The molecule has 44 heavy (non-hydrogen) atoms. The highest BCUT2D eigenvalue weighted by atomic mass is 32.1. The van der Waals surface area contributed by atoms with Crippen LogP contribution in [0.3, 0.4) is 0 Å². The molecule has 4 aromatic heterocycles. The van der Waals surface area contributed by atoms with E-state index in [2.05, 4.69) is 67.4 Å². The van der Waals surface area contributed by atoms with E-state index in [0.29, 0.717) is 16.6 Å². The van der Waals surface area contributed by atoms with E-state index in [9.17, 15) is 4.79 Å². The molecule has 0 unspecified atom stereocenters. The number of hydrogen-bond donors (Lipinski definition) is 1. The quantitative estimate of drug-likeness (QED) is 0.250. The van der Waals surface area contributed by atoms with Crippen LogP contribution in [0.2, 0.25) is 0 Å². The molecule has 1 aliphatic rings. The van der Waals surface area contributed by atoms with E-state index in [1.165, 1.54) is 0 Å². The molecule has 1 aliphatic heterocycles. The van der Waals surface area contributed by atoms with E-state index in [1.54, 1.807) is 29.8 Å². The molecule has 0 atom stereocenters. The van der Waals surface area contributed by atoms with Crippen molar-refractivity contribution in [3.05, 3.63) is 108 Å². The third-order valence-electron chi connectivity index (χ3n) is 7.70. The lowest BCUT2D eigenvalue weighted by Gasteiger charge is -2.22. The number of anilines is 1. The number of hydrogen-bond acceptors (Lipinski definition) is 8. The normalized spacial score (nSPS) is 15.5. The maximum absolute atomic E-state index is 14.2. The zero-order chi connectivity index (χ0) is 30.6. The molecular formula is C34H36N8OS. The fourth-order valence-corrected chi connectivity index (χ4v) is 6.61. The molecular weight excluding hydrogens is 568 g/mol. The van der Waals surface area contributed by atoms with Crippen LogP contribution in [0.15, 0.2) is 90.4 Å². The zero-order valence-electron chi connectivity index (χ0n) is 25.3. The number of amides is 1. The third kappa shape index (κ3) is 6.04. The number of pyridine rings is 2. The van der Waals surface area contributed by atoms with Gasteiger partial charge in [0.1, 0.15) is 21.9 Å². The Balaban J connectivity index is 1.60. The van der Waals surface area contributed by atoms with Crippen LogP contribution >= 0.6 is 11.3 Å². The summed E-state index contributed by atoms with van der Waals surface area (Å²) in [6.45, 7) is 11.7. The van der Waals surface area contributed by atoms with Crippen molar-refractivity contribution in [3.8, 4) is 0 Å². The van der Waals surface area contributed by atoms with E-state index in [1.807, 2.05) is 44.2 Å². The van der Waals surface area contributed by atoms with Crippen molar-refractivity contribution in [1.82, 2.24) is 29.6 Å². The van der Waals surface area contributed by atoms with Gasteiger partial charge in [-0.1, -0.05) is 36.9 Å². The number of carbonyl (C=O) groups excluding carboxylic acids is 1. The number of aryl methyl sites for hydroxylation is 1. The van der Waals surface area contributed by atoms with Crippen LogP contribution in [-0.2, 0) is 6.54 Å². The lowest BCUT2D eigenvalue weighted by atomic mass is 10.1. The highest BCUT2D eigenvalue weighted by molar-refractivity contribution is 7.24. The van der Waals surface area contributed by atoms with E-state index in [-0.39, 0.29) is 12.5 Å². The van der Waals surface area contributed by atoms with Gasteiger partial charge in [-0.05, 0) is 64.2 Å².